The largest absolute Gasteiger partial charge is 0.254 e. The maximum Gasteiger partial charge on any atom is 0.210 e. The fraction of sp³-hybridized carbons (Fsp3) is 0.0909. The van der Waals surface area contributed by atoms with Crippen molar-refractivity contribution in [3.05, 3.63) is 30.5 Å². The molecule has 17 heavy (non-hydrogen) atoms. The number of benzene rings is 1. The standard InChI is InChI=1S/C11H8N2O2S2/c1-17(14,15)11-13-9-6-12-8-5-3-2-4-7(8)10(9)16-11/h2-6H,1H3. The van der Waals surface area contributed by atoms with Gasteiger partial charge in [-0.3, -0.25) is 4.98 Å². The molecule has 1 aromatic carbocycles. The predicted octanol–water partition coefficient (Wildman–Crippen LogP) is 2.25. The molecule has 0 saturated carbocycles. The second-order valence-corrected chi connectivity index (χ2v) is 6.93. The van der Waals surface area contributed by atoms with Crippen molar-refractivity contribution in [1.29, 1.82) is 0 Å². The Bertz CT molecular complexity index is 822. The van der Waals surface area contributed by atoms with Crippen LogP contribution in [0.2, 0.25) is 0 Å². The lowest BCUT2D eigenvalue weighted by atomic mass is 10.2. The summed E-state index contributed by atoms with van der Waals surface area (Å²) in [4.78, 5) is 8.36. The monoisotopic (exact) mass is 264 g/mol. The molecular weight excluding hydrogens is 256 g/mol. The van der Waals surface area contributed by atoms with Gasteiger partial charge < -0.3 is 0 Å². The van der Waals surface area contributed by atoms with Gasteiger partial charge in [-0.2, -0.15) is 0 Å². The lowest BCUT2D eigenvalue weighted by Crippen LogP contribution is -1.94. The van der Waals surface area contributed by atoms with Crippen LogP contribution in [-0.2, 0) is 9.84 Å². The highest BCUT2D eigenvalue weighted by atomic mass is 32.2. The molecule has 3 aromatic rings. The molecule has 4 nitrogen and oxygen atoms in total. The first-order valence-corrected chi connectivity index (χ1v) is 7.61. The fourth-order valence-corrected chi connectivity index (χ4v) is 3.58. The van der Waals surface area contributed by atoms with Crippen molar-refractivity contribution in [2.75, 3.05) is 6.26 Å². The number of sulfone groups is 1. The average Bonchev–Trinajstić information content (AvgIpc) is 2.72. The number of aromatic nitrogens is 2. The third-order valence-corrected chi connectivity index (χ3v) is 5.21. The number of thiazole rings is 1. The lowest BCUT2D eigenvalue weighted by Gasteiger charge is -1.95. The quantitative estimate of drug-likeness (QED) is 0.676. The second-order valence-electron chi connectivity index (χ2n) is 3.74. The van der Waals surface area contributed by atoms with Crippen LogP contribution in [0.3, 0.4) is 0 Å². The molecule has 0 aliphatic carbocycles. The zero-order valence-electron chi connectivity index (χ0n) is 8.91. The topological polar surface area (TPSA) is 59.9 Å². The van der Waals surface area contributed by atoms with Gasteiger partial charge in [-0.15, -0.1) is 11.3 Å². The number of rotatable bonds is 1. The number of hydrogen-bond acceptors (Lipinski definition) is 5. The Labute approximate surface area is 102 Å². The van der Waals surface area contributed by atoms with Gasteiger partial charge in [0, 0.05) is 11.6 Å². The number of pyridine rings is 1. The van der Waals surface area contributed by atoms with Gasteiger partial charge in [-0.25, -0.2) is 13.4 Å². The SMILES string of the molecule is CS(=O)(=O)c1nc2cnc3ccccc3c2s1. The molecule has 2 aromatic heterocycles. The highest BCUT2D eigenvalue weighted by Crippen LogP contribution is 2.30. The summed E-state index contributed by atoms with van der Waals surface area (Å²) in [5.74, 6) is 0. The fourth-order valence-electron chi connectivity index (χ4n) is 1.66. The Morgan fingerprint density at radius 3 is 2.71 bits per heavy atom. The van der Waals surface area contributed by atoms with Gasteiger partial charge in [0.05, 0.1) is 16.4 Å². The second kappa shape index (κ2) is 3.48. The molecule has 0 amide bonds. The van der Waals surface area contributed by atoms with E-state index in [1.54, 1.807) is 6.20 Å². The van der Waals surface area contributed by atoms with Crippen LogP contribution in [-0.4, -0.2) is 24.6 Å². The summed E-state index contributed by atoms with van der Waals surface area (Å²) in [6, 6.07) is 7.63. The van der Waals surface area contributed by atoms with Gasteiger partial charge in [0.2, 0.25) is 14.2 Å². The van der Waals surface area contributed by atoms with E-state index in [0.29, 0.717) is 5.52 Å². The number of fused-ring (bicyclic) bond motifs is 3. The Morgan fingerprint density at radius 1 is 1.18 bits per heavy atom. The molecule has 0 radical (unpaired) electrons. The summed E-state index contributed by atoms with van der Waals surface area (Å²) in [7, 11) is -3.25. The Morgan fingerprint density at radius 2 is 1.94 bits per heavy atom. The molecule has 0 spiro atoms. The molecule has 86 valence electrons. The van der Waals surface area contributed by atoms with Crippen molar-refractivity contribution in [1.82, 2.24) is 9.97 Å². The van der Waals surface area contributed by atoms with E-state index in [0.717, 1.165) is 15.6 Å². The van der Waals surface area contributed by atoms with E-state index < -0.39 is 9.84 Å². The summed E-state index contributed by atoms with van der Waals surface area (Å²) in [6.07, 6.45) is 2.78. The predicted molar refractivity (Wildman–Crippen MR) is 68.0 cm³/mol. The van der Waals surface area contributed by atoms with Crippen molar-refractivity contribution in [3.63, 3.8) is 0 Å². The van der Waals surface area contributed by atoms with Crippen LogP contribution in [0.1, 0.15) is 0 Å². The van der Waals surface area contributed by atoms with Crippen molar-refractivity contribution < 1.29 is 8.42 Å². The minimum absolute atomic E-state index is 0.144. The van der Waals surface area contributed by atoms with Gasteiger partial charge >= 0.3 is 0 Å². The van der Waals surface area contributed by atoms with E-state index in [9.17, 15) is 8.42 Å². The minimum atomic E-state index is -3.25. The first kappa shape index (κ1) is 10.6. The van der Waals surface area contributed by atoms with Crippen LogP contribution < -0.4 is 0 Å². The third kappa shape index (κ3) is 1.69. The lowest BCUT2D eigenvalue weighted by molar-refractivity contribution is 0.601. The van der Waals surface area contributed by atoms with E-state index in [1.807, 2.05) is 24.3 Å². The summed E-state index contributed by atoms with van der Waals surface area (Å²) >= 11 is 1.19. The molecule has 0 aliphatic heterocycles. The van der Waals surface area contributed by atoms with Crippen LogP contribution >= 0.6 is 11.3 Å². The van der Waals surface area contributed by atoms with Crippen molar-refractivity contribution in [2.24, 2.45) is 0 Å². The first-order chi connectivity index (χ1) is 8.05. The van der Waals surface area contributed by atoms with E-state index in [-0.39, 0.29) is 4.34 Å². The summed E-state index contributed by atoms with van der Waals surface area (Å²) in [5.41, 5.74) is 1.48. The van der Waals surface area contributed by atoms with E-state index in [2.05, 4.69) is 9.97 Å². The van der Waals surface area contributed by atoms with Gasteiger partial charge in [-0.1, -0.05) is 18.2 Å². The zero-order valence-corrected chi connectivity index (χ0v) is 10.5. The molecule has 0 saturated heterocycles. The molecule has 3 rings (SSSR count). The van der Waals surface area contributed by atoms with Gasteiger partial charge in [0.15, 0.2) is 0 Å². The maximum absolute atomic E-state index is 11.5. The van der Waals surface area contributed by atoms with Crippen LogP contribution in [0, 0.1) is 0 Å². The van der Waals surface area contributed by atoms with E-state index in [1.165, 1.54) is 17.6 Å². The Balaban J connectivity index is 2.47. The number of para-hydroxylation sites is 1. The maximum atomic E-state index is 11.5. The van der Waals surface area contributed by atoms with Gasteiger partial charge in [-0.05, 0) is 6.07 Å². The summed E-state index contributed by atoms with van der Waals surface area (Å²) in [5, 5.41) is 0.942. The molecule has 0 fully saturated rings. The van der Waals surface area contributed by atoms with Crippen molar-refractivity contribution in [3.8, 4) is 0 Å². The van der Waals surface area contributed by atoms with Crippen LogP contribution in [0.15, 0.2) is 34.8 Å². The molecule has 0 unspecified atom stereocenters. The smallest absolute Gasteiger partial charge is 0.210 e. The zero-order chi connectivity index (χ0) is 12.0. The van der Waals surface area contributed by atoms with E-state index in [4.69, 9.17) is 0 Å². The minimum Gasteiger partial charge on any atom is -0.254 e. The molecular formula is C11H8N2O2S2. The van der Waals surface area contributed by atoms with E-state index >= 15 is 0 Å². The molecule has 0 bridgehead atoms. The number of nitrogens with zero attached hydrogens (tertiary/aromatic N) is 2. The molecule has 0 aliphatic rings. The first-order valence-electron chi connectivity index (χ1n) is 4.90. The summed E-state index contributed by atoms with van der Waals surface area (Å²) in [6.45, 7) is 0. The summed E-state index contributed by atoms with van der Waals surface area (Å²) < 4.78 is 23.9. The average molecular weight is 264 g/mol. The van der Waals surface area contributed by atoms with Gasteiger partial charge in [0.25, 0.3) is 0 Å². The normalized spacial score (nSPS) is 12.3. The van der Waals surface area contributed by atoms with Crippen LogP contribution in [0.4, 0.5) is 0 Å². The number of hydrogen-bond donors (Lipinski definition) is 0. The Hall–Kier alpha value is -1.53. The van der Waals surface area contributed by atoms with Crippen molar-refractivity contribution >= 4 is 42.3 Å². The third-order valence-electron chi connectivity index (χ3n) is 2.43. The van der Waals surface area contributed by atoms with Gasteiger partial charge in [0.1, 0.15) is 5.52 Å². The molecule has 2 heterocycles. The van der Waals surface area contributed by atoms with Crippen LogP contribution in [0.5, 0.6) is 0 Å². The van der Waals surface area contributed by atoms with Crippen molar-refractivity contribution in [2.45, 2.75) is 4.34 Å². The van der Waals surface area contributed by atoms with Crippen LogP contribution in [0.25, 0.3) is 21.1 Å². The molecule has 6 heteroatoms. The highest BCUT2D eigenvalue weighted by Gasteiger charge is 2.15. The molecule has 0 atom stereocenters. The molecule has 0 N–H and O–H groups in total. The highest BCUT2D eigenvalue weighted by molar-refractivity contribution is 7.92. The Kier molecular flexibility index (Phi) is 2.17.